The van der Waals surface area contributed by atoms with Crippen LogP contribution in [0.15, 0.2) is 47.4 Å². The number of benzene rings is 2. The lowest BCUT2D eigenvalue weighted by Gasteiger charge is -2.16. The fraction of sp³-hybridized carbons (Fsp3) is 0.389. The predicted octanol–water partition coefficient (Wildman–Crippen LogP) is 2.23. The molecule has 2 atom stereocenters. The molecule has 0 radical (unpaired) electrons. The summed E-state index contributed by atoms with van der Waals surface area (Å²) in [6.07, 6.45) is 0.973. The number of carbonyl (C=O) groups is 1. The summed E-state index contributed by atoms with van der Waals surface area (Å²) in [6, 6.07) is 12.2. The summed E-state index contributed by atoms with van der Waals surface area (Å²) < 4.78 is 37.8. The zero-order chi connectivity index (χ0) is 17.9. The van der Waals surface area contributed by atoms with Crippen molar-refractivity contribution < 1.29 is 22.7 Å². The van der Waals surface area contributed by atoms with Crippen LogP contribution < -0.4 is 4.72 Å². The van der Waals surface area contributed by atoms with Crippen molar-refractivity contribution in [3.05, 3.63) is 42.5 Å². The van der Waals surface area contributed by atoms with Crippen LogP contribution in [0.5, 0.6) is 0 Å². The first-order valence-electron chi connectivity index (χ1n) is 8.24. The van der Waals surface area contributed by atoms with Gasteiger partial charge >= 0.3 is 0 Å². The predicted molar refractivity (Wildman–Crippen MR) is 93.7 cm³/mol. The van der Waals surface area contributed by atoms with Crippen molar-refractivity contribution in [1.82, 2.24) is 4.72 Å². The van der Waals surface area contributed by atoms with Gasteiger partial charge in [-0.2, -0.15) is 0 Å². The van der Waals surface area contributed by atoms with Crippen LogP contribution in [-0.2, 0) is 24.3 Å². The van der Waals surface area contributed by atoms with E-state index >= 15 is 0 Å². The second-order valence-electron chi connectivity index (χ2n) is 6.09. The van der Waals surface area contributed by atoms with Crippen molar-refractivity contribution in [2.45, 2.75) is 36.9 Å². The van der Waals surface area contributed by atoms with Gasteiger partial charge in [-0.05, 0) is 42.7 Å². The van der Waals surface area contributed by atoms with Crippen LogP contribution in [0.3, 0.4) is 0 Å². The summed E-state index contributed by atoms with van der Waals surface area (Å²) in [5.41, 5.74) is 0. The zero-order valence-electron chi connectivity index (χ0n) is 14.0. The topological polar surface area (TPSA) is 81.7 Å². The van der Waals surface area contributed by atoms with Gasteiger partial charge in [-0.15, -0.1) is 0 Å². The van der Waals surface area contributed by atoms with Crippen molar-refractivity contribution in [2.75, 3.05) is 13.2 Å². The Labute approximate surface area is 147 Å². The Morgan fingerprint density at radius 3 is 2.76 bits per heavy atom. The van der Waals surface area contributed by atoms with E-state index in [1.807, 2.05) is 24.3 Å². The maximum absolute atomic E-state index is 12.4. The Morgan fingerprint density at radius 2 is 2.04 bits per heavy atom. The molecule has 2 aromatic rings. The van der Waals surface area contributed by atoms with E-state index in [4.69, 9.17) is 9.47 Å². The van der Waals surface area contributed by atoms with Gasteiger partial charge in [0, 0.05) is 6.61 Å². The molecule has 1 heterocycles. The number of carbonyl (C=O) groups excluding carboxylic acids is 1. The third-order valence-electron chi connectivity index (χ3n) is 4.19. The van der Waals surface area contributed by atoms with Gasteiger partial charge in [-0.25, -0.2) is 13.1 Å². The highest BCUT2D eigenvalue weighted by molar-refractivity contribution is 7.90. The lowest BCUT2D eigenvalue weighted by atomic mass is 10.1. The van der Waals surface area contributed by atoms with Crippen molar-refractivity contribution in [3.63, 3.8) is 0 Å². The fourth-order valence-electron chi connectivity index (χ4n) is 2.71. The molecule has 0 aromatic heterocycles. The minimum absolute atomic E-state index is 0.0210. The van der Waals surface area contributed by atoms with Crippen LogP contribution in [0.4, 0.5) is 0 Å². The number of fused-ring (bicyclic) bond motifs is 1. The van der Waals surface area contributed by atoms with Gasteiger partial charge in [0.25, 0.3) is 15.9 Å². The first kappa shape index (κ1) is 17.8. The average molecular weight is 363 g/mol. The summed E-state index contributed by atoms with van der Waals surface area (Å²) in [6.45, 7) is 2.51. The van der Waals surface area contributed by atoms with Gasteiger partial charge in [0.1, 0.15) is 6.10 Å². The minimum Gasteiger partial charge on any atom is -0.376 e. The van der Waals surface area contributed by atoms with Crippen LogP contribution in [0.2, 0.25) is 0 Å². The summed E-state index contributed by atoms with van der Waals surface area (Å²) in [5, 5.41) is 1.72. The van der Waals surface area contributed by atoms with E-state index in [1.54, 1.807) is 12.1 Å². The highest BCUT2D eigenvalue weighted by Gasteiger charge is 2.24. The number of sulfonamides is 1. The molecule has 1 aliphatic heterocycles. The molecule has 1 saturated heterocycles. The second-order valence-corrected chi connectivity index (χ2v) is 7.77. The maximum atomic E-state index is 12.4. The standard InChI is InChI=1S/C18H21NO5S/c1-13(24-12-16-7-4-10-23-16)18(20)19-25(21,22)17-9-8-14-5-2-3-6-15(14)11-17/h2-3,5-6,8-9,11,13,16H,4,7,10,12H2,1H3,(H,19,20). The lowest BCUT2D eigenvalue weighted by Crippen LogP contribution is -2.39. The van der Waals surface area contributed by atoms with Gasteiger partial charge < -0.3 is 9.47 Å². The summed E-state index contributed by atoms with van der Waals surface area (Å²) in [7, 11) is -3.94. The Hall–Kier alpha value is -1.96. The molecule has 1 amide bonds. The van der Waals surface area contributed by atoms with Gasteiger partial charge in [-0.1, -0.05) is 30.3 Å². The van der Waals surface area contributed by atoms with Gasteiger partial charge in [0.15, 0.2) is 0 Å². The van der Waals surface area contributed by atoms with Crippen LogP contribution >= 0.6 is 0 Å². The quantitative estimate of drug-likeness (QED) is 0.851. The molecule has 0 aliphatic carbocycles. The first-order chi connectivity index (χ1) is 12.0. The SMILES string of the molecule is CC(OCC1CCCO1)C(=O)NS(=O)(=O)c1ccc2ccccc2c1. The second kappa shape index (κ2) is 7.51. The molecular formula is C18H21NO5S. The third kappa shape index (κ3) is 4.36. The van der Waals surface area contributed by atoms with Crippen LogP contribution in [0.1, 0.15) is 19.8 Å². The molecule has 134 valence electrons. The third-order valence-corrected chi connectivity index (χ3v) is 5.54. The van der Waals surface area contributed by atoms with E-state index in [-0.39, 0.29) is 17.6 Å². The molecule has 2 unspecified atom stereocenters. The molecule has 7 heteroatoms. The van der Waals surface area contributed by atoms with E-state index in [1.165, 1.54) is 13.0 Å². The molecule has 0 spiro atoms. The number of amides is 1. The van der Waals surface area contributed by atoms with E-state index in [0.29, 0.717) is 6.61 Å². The van der Waals surface area contributed by atoms with E-state index < -0.39 is 22.0 Å². The Bertz CT molecular complexity index is 859. The van der Waals surface area contributed by atoms with E-state index in [2.05, 4.69) is 4.72 Å². The van der Waals surface area contributed by atoms with E-state index in [9.17, 15) is 13.2 Å². The highest BCUT2D eigenvalue weighted by atomic mass is 32.2. The van der Waals surface area contributed by atoms with Gasteiger partial charge in [0.05, 0.1) is 17.6 Å². The maximum Gasteiger partial charge on any atom is 0.264 e. The molecule has 1 N–H and O–H groups in total. The molecule has 0 saturated carbocycles. The summed E-state index contributed by atoms with van der Waals surface area (Å²) in [5.74, 6) is -0.689. The largest absolute Gasteiger partial charge is 0.376 e. The molecule has 0 bridgehead atoms. The molecule has 1 fully saturated rings. The first-order valence-corrected chi connectivity index (χ1v) is 9.73. The van der Waals surface area contributed by atoms with Gasteiger partial charge in [0.2, 0.25) is 0 Å². The Balaban J connectivity index is 1.65. The lowest BCUT2D eigenvalue weighted by molar-refractivity contribution is -0.131. The normalized spacial score (nSPS) is 19.0. The van der Waals surface area contributed by atoms with Crippen molar-refractivity contribution in [2.24, 2.45) is 0 Å². The average Bonchev–Trinajstić information content (AvgIpc) is 3.12. The summed E-state index contributed by atoms with van der Waals surface area (Å²) >= 11 is 0. The number of hydrogen-bond donors (Lipinski definition) is 1. The number of nitrogens with one attached hydrogen (secondary N) is 1. The molecule has 6 nitrogen and oxygen atoms in total. The monoisotopic (exact) mass is 363 g/mol. The Kier molecular flexibility index (Phi) is 5.36. The zero-order valence-corrected chi connectivity index (χ0v) is 14.8. The molecular weight excluding hydrogens is 342 g/mol. The van der Waals surface area contributed by atoms with Crippen molar-refractivity contribution >= 4 is 26.7 Å². The van der Waals surface area contributed by atoms with Crippen LogP contribution in [-0.4, -0.2) is 39.7 Å². The molecule has 1 aliphatic rings. The van der Waals surface area contributed by atoms with Crippen molar-refractivity contribution in [3.8, 4) is 0 Å². The molecule has 3 rings (SSSR count). The minimum atomic E-state index is -3.94. The smallest absolute Gasteiger partial charge is 0.264 e. The highest BCUT2D eigenvalue weighted by Crippen LogP contribution is 2.19. The summed E-state index contributed by atoms with van der Waals surface area (Å²) in [4.78, 5) is 12.2. The fourth-order valence-corrected chi connectivity index (χ4v) is 3.79. The van der Waals surface area contributed by atoms with Gasteiger partial charge in [-0.3, -0.25) is 4.79 Å². The van der Waals surface area contributed by atoms with E-state index in [0.717, 1.165) is 23.6 Å². The van der Waals surface area contributed by atoms with Crippen LogP contribution in [0, 0.1) is 0 Å². The molecule has 25 heavy (non-hydrogen) atoms. The van der Waals surface area contributed by atoms with Crippen LogP contribution in [0.25, 0.3) is 10.8 Å². The van der Waals surface area contributed by atoms with Crippen molar-refractivity contribution in [1.29, 1.82) is 0 Å². The Morgan fingerprint density at radius 1 is 1.28 bits per heavy atom. The number of hydrogen-bond acceptors (Lipinski definition) is 5. The number of ether oxygens (including phenoxy) is 2. The number of rotatable bonds is 6. The molecule has 2 aromatic carbocycles.